The van der Waals surface area contributed by atoms with E-state index >= 15 is 0 Å². The van der Waals surface area contributed by atoms with Crippen molar-refractivity contribution in [3.63, 3.8) is 0 Å². The van der Waals surface area contributed by atoms with Gasteiger partial charge in [-0.15, -0.1) is 0 Å². The van der Waals surface area contributed by atoms with Crippen molar-refractivity contribution in [2.75, 3.05) is 13.1 Å². The molecule has 2 unspecified atom stereocenters. The maximum atomic E-state index is 12.6. The maximum absolute atomic E-state index is 12.6. The Morgan fingerprint density at radius 3 is 2.72 bits per heavy atom. The minimum Gasteiger partial charge on any atom is -0.388 e. The van der Waals surface area contributed by atoms with Crippen LogP contribution in [0.3, 0.4) is 0 Å². The molecule has 1 heterocycles. The lowest BCUT2D eigenvalue weighted by molar-refractivity contribution is -0.137. The summed E-state index contributed by atoms with van der Waals surface area (Å²) >= 11 is 0. The Kier molecular flexibility index (Phi) is 3.92. The Morgan fingerprint density at radius 2 is 2.11 bits per heavy atom. The highest BCUT2D eigenvalue weighted by Gasteiger charge is 2.31. The standard InChI is InChI=1S/C13H16F3NO/c14-13(15,16)11-5-1-3-9(7-11)12(18)10-4-2-6-17-8-10/h1,3,5,7,10,12,17-18H,2,4,6,8H2. The third-order valence-electron chi connectivity index (χ3n) is 3.34. The van der Waals surface area contributed by atoms with Crippen LogP contribution in [0.15, 0.2) is 24.3 Å². The molecule has 100 valence electrons. The van der Waals surface area contributed by atoms with Crippen LogP contribution in [0.1, 0.15) is 30.1 Å². The molecule has 1 aliphatic heterocycles. The van der Waals surface area contributed by atoms with Gasteiger partial charge in [0, 0.05) is 12.5 Å². The molecule has 18 heavy (non-hydrogen) atoms. The van der Waals surface area contributed by atoms with Gasteiger partial charge in [0.15, 0.2) is 0 Å². The van der Waals surface area contributed by atoms with Crippen molar-refractivity contribution in [3.05, 3.63) is 35.4 Å². The number of piperidine rings is 1. The minimum absolute atomic E-state index is 0.0118. The summed E-state index contributed by atoms with van der Waals surface area (Å²) in [5.74, 6) is -0.0118. The smallest absolute Gasteiger partial charge is 0.388 e. The van der Waals surface area contributed by atoms with Gasteiger partial charge in [0.25, 0.3) is 0 Å². The van der Waals surface area contributed by atoms with Crippen LogP contribution < -0.4 is 5.32 Å². The summed E-state index contributed by atoms with van der Waals surface area (Å²) in [6.07, 6.45) is -3.41. The predicted octanol–water partition coefficient (Wildman–Crippen LogP) is 2.74. The Morgan fingerprint density at radius 1 is 1.33 bits per heavy atom. The van der Waals surface area contributed by atoms with E-state index in [0.717, 1.165) is 31.5 Å². The number of hydrogen-bond acceptors (Lipinski definition) is 2. The lowest BCUT2D eigenvalue weighted by Crippen LogP contribution is -2.33. The normalized spacial score (nSPS) is 22.8. The maximum Gasteiger partial charge on any atom is 0.416 e. The van der Waals surface area contributed by atoms with Crippen LogP contribution in [0.25, 0.3) is 0 Å². The molecule has 0 aliphatic carbocycles. The second-order valence-corrected chi connectivity index (χ2v) is 4.67. The fraction of sp³-hybridized carbons (Fsp3) is 0.538. The van der Waals surface area contributed by atoms with Gasteiger partial charge in [0.1, 0.15) is 0 Å². The molecule has 1 aliphatic rings. The number of benzene rings is 1. The minimum atomic E-state index is -4.36. The van der Waals surface area contributed by atoms with E-state index in [-0.39, 0.29) is 5.92 Å². The van der Waals surface area contributed by atoms with E-state index in [4.69, 9.17) is 0 Å². The summed E-state index contributed by atoms with van der Waals surface area (Å²) in [6.45, 7) is 1.56. The first kappa shape index (κ1) is 13.4. The molecule has 2 N–H and O–H groups in total. The first-order chi connectivity index (χ1) is 8.48. The third-order valence-corrected chi connectivity index (χ3v) is 3.34. The third kappa shape index (κ3) is 3.03. The van der Waals surface area contributed by atoms with E-state index < -0.39 is 17.8 Å². The van der Waals surface area contributed by atoms with Crippen LogP contribution in [0, 0.1) is 5.92 Å². The summed E-state index contributed by atoms with van der Waals surface area (Å²) < 4.78 is 37.7. The molecule has 0 saturated carbocycles. The van der Waals surface area contributed by atoms with Gasteiger partial charge in [-0.3, -0.25) is 0 Å². The van der Waals surface area contributed by atoms with Crippen molar-refractivity contribution in [2.24, 2.45) is 5.92 Å². The Labute approximate surface area is 104 Å². The molecule has 1 aromatic carbocycles. The van der Waals surface area contributed by atoms with Crippen LogP contribution in [-0.4, -0.2) is 18.2 Å². The molecular formula is C13H16F3NO. The zero-order valence-electron chi connectivity index (χ0n) is 9.87. The summed E-state index contributed by atoms with van der Waals surface area (Å²) in [5, 5.41) is 13.3. The predicted molar refractivity (Wildman–Crippen MR) is 62.0 cm³/mol. The van der Waals surface area contributed by atoms with Gasteiger partial charge in [0.05, 0.1) is 11.7 Å². The number of halogens is 3. The summed E-state index contributed by atoms with van der Waals surface area (Å²) in [4.78, 5) is 0. The second-order valence-electron chi connectivity index (χ2n) is 4.67. The molecule has 1 fully saturated rings. The Balaban J connectivity index is 2.17. The monoisotopic (exact) mass is 259 g/mol. The zero-order chi connectivity index (χ0) is 13.2. The highest BCUT2D eigenvalue weighted by Crippen LogP contribution is 2.33. The van der Waals surface area contributed by atoms with E-state index in [2.05, 4.69) is 5.32 Å². The topological polar surface area (TPSA) is 32.3 Å². The summed E-state index contributed by atoms with van der Waals surface area (Å²) in [6, 6.07) is 4.96. The lowest BCUT2D eigenvalue weighted by Gasteiger charge is -2.27. The van der Waals surface area contributed by atoms with E-state index in [0.29, 0.717) is 12.1 Å². The average Bonchev–Trinajstić information content (AvgIpc) is 2.38. The average molecular weight is 259 g/mol. The molecule has 0 spiro atoms. The second kappa shape index (κ2) is 5.28. The largest absolute Gasteiger partial charge is 0.416 e. The lowest BCUT2D eigenvalue weighted by atomic mass is 9.89. The number of rotatable bonds is 2. The van der Waals surface area contributed by atoms with Gasteiger partial charge in [-0.2, -0.15) is 13.2 Å². The van der Waals surface area contributed by atoms with E-state index in [1.54, 1.807) is 6.07 Å². The molecule has 5 heteroatoms. The number of aliphatic hydroxyl groups is 1. The van der Waals surface area contributed by atoms with E-state index in [1.807, 2.05) is 0 Å². The van der Waals surface area contributed by atoms with Gasteiger partial charge >= 0.3 is 6.18 Å². The van der Waals surface area contributed by atoms with Crippen LogP contribution >= 0.6 is 0 Å². The molecule has 0 bridgehead atoms. The molecule has 0 amide bonds. The Bertz CT molecular complexity index is 399. The highest BCUT2D eigenvalue weighted by molar-refractivity contribution is 5.27. The number of hydrogen-bond donors (Lipinski definition) is 2. The van der Waals surface area contributed by atoms with Crippen molar-refractivity contribution in [1.29, 1.82) is 0 Å². The highest BCUT2D eigenvalue weighted by atomic mass is 19.4. The fourth-order valence-electron chi connectivity index (χ4n) is 2.32. The van der Waals surface area contributed by atoms with Crippen LogP contribution in [-0.2, 0) is 6.18 Å². The van der Waals surface area contributed by atoms with E-state index in [1.165, 1.54) is 6.07 Å². The Hall–Kier alpha value is -1.07. The molecule has 1 aromatic rings. The van der Waals surface area contributed by atoms with Gasteiger partial charge in [-0.1, -0.05) is 12.1 Å². The van der Waals surface area contributed by atoms with Crippen LogP contribution in [0.4, 0.5) is 13.2 Å². The van der Waals surface area contributed by atoms with Crippen molar-refractivity contribution in [2.45, 2.75) is 25.1 Å². The first-order valence-corrected chi connectivity index (χ1v) is 6.04. The molecule has 2 atom stereocenters. The van der Waals surface area contributed by atoms with Crippen molar-refractivity contribution in [1.82, 2.24) is 5.32 Å². The first-order valence-electron chi connectivity index (χ1n) is 6.04. The molecular weight excluding hydrogens is 243 g/mol. The van der Waals surface area contributed by atoms with Crippen molar-refractivity contribution in [3.8, 4) is 0 Å². The SMILES string of the molecule is OC(c1cccc(C(F)(F)F)c1)C1CCCNC1. The molecule has 2 rings (SSSR count). The number of alkyl halides is 3. The van der Waals surface area contributed by atoms with Gasteiger partial charge in [0.2, 0.25) is 0 Å². The van der Waals surface area contributed by atoms with Gasteiger partial charge in [-0.25, -0.2) is 0 Å². The number of aliphatic hydroxyl groups excluding tert-OH is 1. The van der Waals surface area contributed by atoms with Gasteiger partial charge < -0.3 is 10.4 Å². The molecule has 1 saturated heterocycles. The fourth-order valence-corrected chi connectivity index (χ4v) is 2.32. The van der Waals surface area contributed by atoms with Gasteiger partial charge in [-0.05, 0) is 37.1 Å². The molecule has 0 radical (unpaired) electrons. The van der Waals surface area contributed by atoms with Crippen molar-refractivity contribution < 1.29 is 18.3 Å². The molecule has 2 nitrogen and oxygen atoms in total. The summed E-state index contributed by atoms with van der Waals surface area (Å²) in [7, 11) is 0. The summed E-state index contributed by atoms with van der Waals surface area (Å²) in [5.41, 5.74) is -0.360. The van der Waals surface area contributed by atoms with Crippen LogP contribution in [0.2, 0.25) is 0 Å². The quantitative estimate of drug-likeness (QED) is 0.856. The zero-order valence-corrected chi connectivity index (χ0v) is 9.87. The molecule has 0 aromatic heterocycles. The van der Waals surface area contributed by atoms with Crippen molar-refractivity contribution >= 4 is 0 Å². The number of nitrogens with one attached hydrogen (secondary N) is 1. The van der Waals surface area contributed by atoms with E-state index in [9.17, 15) is 18.3 Å². The van der Waals surface area contributed by atoms with Crippen LogP contribution in [0.5, 0.6) is 0 Å².